The molecular formula is C8H7N3O5S. The molecule has 1 aromatic heterocycles. The van der Waals surface area contributed by atoms with Crippen molar-refractivity contribution in [3.63, 3.8) is 0 Å². The molecule has 0 amide bonds. The van der Waals surface area contributed by atoms with Gasteiger partial charge in [0.15, 0.2) is 12.3 Å². The van der Waals surface area contributed by atoms with Crippen LogP contribution in [0.3, 0.4) is 0 Å². The first-order valence-electron chi connectivity index (χ1n) is 4.18. The molecule has 8 nitrogen and oxygen atoms in total. The molecule has 1 rings (SSSR count). The average molecular weight is 257 g/mol. The minimum Gasteiger partial charge on any atom is -0.479 e. The van der Waals surface area contributed by atoms with Crippen molar-refractivity contribution in [1.82, 2.24) is 9.87 Å². The molecule has 0 radical (unpaired) electrons. The monoisotopic (exact) mass is 257 g/mol. The Balaban J connectivity index is 2.91. The summed E-state index contributed by atoms with van der Waals surface area (Å²) in [5.74, 6) is -1.33. The molecule has 0 bridgehead atoms. The van der Waals surface area contributed by atoms with E-state index in [9.17, 15) is 13.2 Å². The summed E-state index contributed by atoms with van der Waals surface area (Å²) in [4.78, 5) is 19.1. The second-order valence-corrected chi connectivity index (χ2v) is 4.34. The van der Waals surface area contributed by atoms with E-state index in [2.05, 4.69) is 9.82 Å². The first kappa shape index (κ1) is 13.0. The predicted octanol–water partition coefficient (Wildman–Crippen LogP) is -0.752. The molecule has 1 heterocycles. The van der Waals surface area contributed by atoms with E-state index in [-0.39, 0.29) is 10.6 Å². The maximum Gasteiger partial charge on any atom is 0.331 e. The van der Waals surface area contributed by atoms with Gasteiger partial charge in [0.05, 0.1) is 0 Å². The fourth-order valence-corrected chi connectivity index (χ4v) is 1.82. The van der Waals surface area contributed by atoms with Crippen molar-refractivity contribution in [2.75, 3.05) is 6.61 Å². The summed E-state index contributed by atoms with van der Waals surface area (Å²) in [5, 5.41) is 16.9. The van der Waals surface area contributed by atoms with Crippen LogP contribution in [0.5, 0.6) is 0 Å². The number of nitriles is 1. The highest BCUT2D eigenvalue weighted by molar-refractivity contribution is 7.89. The molecule has 0 fully saturated rings. The van der Waals surface area contributed by atoms with Gasteiger partial charge in [0.2, 0.25) is 0 Å². The fourth-order valence-electron chi connectivity index (χ4n) is 0.905. The van der Waals surface area contributed by atoms with Crippen molar-refractivity contribution in [3.8, 4) is 6.07 Å². The van der Waals surface area contributed by atoms with E-state index in [1.54, 1.807) is 11.0 Å². The van der Waals surface area contributed by atoms with Crippen molar-refractivity contribution in [2.24, 2.45) is 0 Å². The quantitative estimate of drug-likeness (QED) is 0.663. The van der Waals surface area contributed by atoms with Crippen LogP contribution in [-0.4, -0.2) is 31.1 Å². The van der Waals surface area contributed by atoms with E-state index in [1.165, 1.54) is 12.3 Å². The van der Waals surface area contributed by atoms with Gasteiger partial charge >= 0.3 is 5.97 Å². The van der Waals surface area contributed by atoms with Gasteiger partial charge < -0.3 is 5.11 Å². The lowest BCUT2D eigenvalue weighted by Gasteiger charge is -2.05. The molecule has 90 valence electrons. The van der Waals surface area contributed by atoms with Gasteiger partial charge in [0.25, 0.3) is 10.0 Å². The number of carboxylic acid groups (broad SMARTS) is 1. The van der Waals surface area contributed by atoms with Gasteiger partial charge in [0, 0.05) is 6.20 Å². The molecule has 17 heavy (non-hydrogen) atoms. The van der Waals surface area contributed by atoms with Crippen LogP contribution in [0.15, 0.2) is 23.2 Å². The van der Waals surface area contributed by atoms with E-state index in [4.69, 9.17) is 10.4 Å². The van der Waals surface area contributed by atoms with Crippen molar-refractivity contribution >= 4 is 16.0 Å². The zero-order chi connectivity index (χ0) is 12.9. The van der Waals surface area contributed by atoms with Gasteiger partial charge in [-0.1, -0.05) is 4.89 Å². The normalized spacial score (nSPS) is 10.8. The smallest absolute Gasteiger partial charge is 0.331 e. The molecule has 0 atom stereocenters. The SMILES string of the molecule is N#Cc1ncccc1S(=O)(=O)NOCC(=O)O. The van der Waals surface area contributed by atoms with Crippen LogP contribution in [0.1, 0.15) is 5.69 Å². The van der Waals surface area contributed by atoms with Gasteiger partial charge in [-0.15, -0.1) is 0 Å². The third-order valence-electron chi connectivity index (χ3n) is 1.53. The Morgan fingerprint density at radius 3 is 2.94 bits per heavy atom. The molecule has 0 aromatic carbocycles. The molecule has 0 saturated heterocycles. The van der Waals surface area contributed by atoms with Gasteiger partial charge in [-0.3, -0.25) is 4.84 Å². The Labute approximate surface area is 96.5 Å². The van der Waals surface area contributed by atoms with Crippen LogP contribution in [0.2, 0.25) is 0 Å². The topological polar surface area (TPSA) is 129 Å². The Morgan fingerprint density at radius 1 is 1.65 bits per heavy atom. The molecule has 0 aliphatic heterocycles. The number of sulfonamides is 1. The zero-order valence-corrected chi connectivity index (χ0v) is 9.14. The summed E-state index contributed by atoms with van der Waals surface area (Å²) >= 11 is 0. The number of carboxylic acids is 1. The van der Waals surface area contributed by atoms with Crippen LogP contribution in [0, 0.1) is 11.3 Å². The maximum atomic E-state index is 11.6. The lowest BCUT2D eigenvalue weighted by atomic mass is 10.4. The molecule has 0 aliphatic carbocycles. The Kier molecular flexibility index (Phi) is 4.11. The van der Waals surface area contributed by atoms with Crippen molar-refractivity contribution in [1.29, 1.82) is 5.26 Å². The Bertz CT molecular complexity index is 563. The number of hydrogen-bond acceptors (Lipinski definition) is 6. The first-order valence-corrected chi connectivity index (χ1v) is 5.66. The molecule has 0 unspecified atom stereocenters. The zero-order valence-electron chi connectivity index (χ0n) is 8.32. The molecule has 0 spiro atoms. The highest BCUT2D eigenvalue weighted by atomic mass is 32.2. The molecule has 9 heteroatoms. The van der Waals surface area contributed by atoms with Crippen LogP contribution >= 0.6 is 0 Å². The summed E-state index contributed by atoms with van der Waals surface area (Å²) in [5.41, 5.74) is -0.307. The number of pyridine rings is 1. The summed E-state index contributed by atoms with van der Waals surface area (Å²) in [6.45, 7) is -0.832. The Hall–Kier alpha value is -2.02. The number of hydrogen-bond donors (Lipinski definition) is 2. The van der Waals surface area contributed by atoms with E-state index in [0.29, 0.717) is 0 Å². The number of nitrogens with one attached hydrogen (secondary N) is 1. The predicted molar refractivity (Wildman–Crippen MR) is 52.9 cm³/mol. The fraction of sp³-hybridized carbons (Fsp3) is 0.125. The summed E-state index contributed by atoms with van der Waals surface area (Å²) in [6, 6.07) is 4.08. The van der Waals surface area contributed by atoms with E-state index < -0.39 is 22.6 Å². The third-order valence-corrected chi connectivity index (χ3v) is 2.78. The largest absolute Gasteiger partial charge is 0.479 e. The highest BCUT2D eigenvalue weighted by Gasteiger charge is 2.19. The number of aromatic nitrogens is 1. The van der Waals surface area contributed by atoms with Crippen LogP contribution in [-0.2, 0) is 19.7 Å². The van der Waals surface area contributed by atoms with Crippen molar-refractivity contribution < 1.29 is 23.2 Å². The summed E-state index contributed by atoms with van der Waals surface area (Å²) in [7, 11) is -4.12. The van der Waals surface area contributed by atoms with Crippen LogP contribution in [0.4, 0.5) is 0 Å². The van der Waals surface area contributed by atoms with Gasteiger partial charge in [0.1, 0.15) is 11.0 Å². The Morgan fingerprint density at radius 2 is 2.35 bits per heavy atom. The van der Waals surface area contributed by atoms with Crippen molar-refractivity contribution in [3.05, 3.63) is 24.0 Å². The lowest BCUT2D eigenvalue weighted by molar-refractivity contribution is -0.143. The maximum absolute atomic E-state index is 11.6. The lowest BCUT2D eigenvalue weighted by Crippen LogP contribution is -2.27. The number of rotatable bonds is 5. The minimum absolute atomic E-state index is 0.307. The number of carbonyl (C=O) groups is 1. The highest BCUT2D eigenvalue weighted by Crippen LogP contribution is 2.11. The van der Waals surface area contributed by atoms with Gasteiger partial charge in [-0.2, -0.15) is 5.26 Å². The van der Waals surface area contributed by atoms with E-state index in [1.807, 2.05) is 0 Å². The second-order valence-electron chi connectivity index (χ2n) is 2.73. The molecule has 0 aliphatic rings. The molecular weight excluding hydrogens is 250 g/mol. The van der Waals surface area contributed by atoms with Gasteiger partial charge in [-0.25, -0.2) is 18.2 Å². The third kappa shape index (κ3) is 3.49. The molecule has 1 aromatic rings. The van der Waals surface area contributed by atoms with E-state index in [0.717, 1.165) is 6.07 Å². The summed E-state index contributed by atoms with van der Waals surface area (Å²) in [6.07, 6.45) is 1.26. The second kappa shape index (κ2) is 5.35. The number of aliphatic carboxylic acids is 1. The molecule has 2 N–H and O–H groups in total. The average Bonchev–Trinajstić information content (AvgIpc) is 2.28. The van der Waals surface area contributed by atoms with Crippen molar-refractivity contribution in [2.45, 2.75) is 4.90 Å². The van der Waals surface area contributed by atoms with Crippen LogP contribution in [0.25, 0.3) is 0 Å². The van der Waals surface area contributed by atoms with E-state index >= 15 is 0 Å². The first-order chi connectivity index (χ1) is 7.97. The van der Waals surface area contributed by atoms with Gasteiger partial charge in [-0.05, 0) is 12.1 Å². The summed E-state index contributed by atoms with van der Waals surface area (Å²) < 4.78 is 23.1. The molecule has 0 saturated carbocycles. The standard InChI is InChI=1S/C8H7N3O5S/c9-4-6-7(2-1-3-10-6)17(14,15)11-16-5-8(12)13/h1-3,11H,5H2,(H,12,13). The minimum atomic E-state index is -4.12. The number of nitrogens with zero attached hydrogens (tertiary/aromatic N) is 2. The van der Waals surface area contributed by atoms with Crippen LogP contribution < -0.4 is 4.89 Å².